The van der Waals surface area contributed by atoms with Gasteiger partial charge in [0, 0.05) is 0 Å². The molecular weight excluding hydrogens is 276 g/mol. The molecule has 5 nitrogen and oxygen atoms in total. The van der Waals surface area contributed by atoms with Crippen molar-refractivity contribution in [3.05, 3.63) is 70.6 Å². The highest BCUT2D eigenvalue weighted by atomic mass is 32.2. The number of para-hydroxylation sites is 2. The topological polar surface area (TPSA) is 71.9 Å². The number of imidazole rings is 1. The van der Waals surface area contributed by atoms with Crippen molar-refractivity contribution in [3.63, 3.8) is 0 Å². The SMILES string of the molecule is O=c1[nH]c2ccccc2n1S(=O)(=O)Cc1ccccc1. The molecule has 20 heavy (non-hydrogen) atoms. The van der Waals surface area contributed by atoms with Crippen molar-refractivity contribution in [2.45, 2.75) is 5.75 Å². The zero-order valence-electron chi connectivity index (χ0n) is 10.5. The summed E-state index contributed by atoms with van der Waals surface area (Å²) in [5.41, 5.74) is 0.884. The molecule has 0 aliphatic heterocycles. The van der Waals surface area contributed by atoms with Gasteiger partial charge in [0.05, 0.1) is 16.8 Å². The first kappa shape index (κ1) is 12.7. The quantitative estimate of drug-likeness (QED) is 0.797. The second-order valence-electron chi connectivity index (χ2n) is 4.45. The maximum Gasteiger partial charge on any atom is 0.340 e. The molecule has 0 fully saturated rings. The molecule has 1 N–H and O–H groups in total. The van der Waals surface area contributed by atoms with Gasteiger partial charge in [-0.25, -0.2) is 13.2 Å². The van der Waals surface area contributed by atoms with Crippen molar-refractivity contribution in [2.75, 3.05) is 0 Å². The van der Waals surface area contributed by atoms with Gasteiger partial charge in [-0.3, -0.25) is 0 Å². The molecule has 3 aromatic rings. The summed E-state index contributed by atoms with van der Waals surface area (Å²) in [5.74, 6) is -0.213. The molecule has 0 aliphatic rings. The van der Waals surface area contributed by atoms with Gasteiger partial charge in [-0.05, 0) is 17.7 Å². The number of nitrogens with zero attached hydrogens (tertiary/aromatic N) is 1. The molecule has 0 spiro atoms. The van der Waals surface area contributed by atoms with E-state index in [0.29, 0.717) is 16.6 Å². The van der Waals surface area contributed by atoms with Crippen LogP contribution in [0, 0.1) is 0 Å². The Balaban J connectivity index is 2.15. The Morgan fingerprint density at radius 1 is 0.950 bits per heavy atom. The van der Waals surface area contributed by atoms with Gasteiger partial charge in [0.1, 0.15) is 0 Å². The number of aromatic amines is 1. The molecule has 6 heteroatoms. The third-order valence-electron chi connectivity index (χ3n) is 3.02. The Morgan fingerprint density at radius 3 is 2.35 bits per heavy atom. The minimum atomic E-state index is -3.75. The van der Waals surface area contributed by atoms with Crippen molar-refractivity contribution in [1.82, 2.24) is 8.96 Å². The largest absolute Gasteiger partial charge is 0.340 e. The van der Waals surface area contributed by atoms with Crippen LogP contribution in [0.3, 0.4) is 0 Å². The number of hydrogen-bond acceptors (Lipinski definition) is 3. The number of H-pyrrole nitrogens is 1. The summed E-state index contributed by atoms with van der Waals surface area (Å²) in [6.45, 7) is 0. The first-order chi connectivity index (χ1) is 9.58. The van der Waals surface area contributed by atoms with E-state index in [1.165, 1.54) is 0 Å². The third-order valence-corrected chi connectivity index (χ3v) is 4.64. The number of nitrogens with one attached hydrogen (secondary N) is 1. The fraction of sp³-hybridized carbons (Fsp3) is 0.0714. The second-order valence-corrected chi connectivity index (χ2v) is 6.27. The molecule has 3 rings (SSSR count). The summed E-state index contributed by atoms with van der Waals surface area (Å²) in [4.78, 5) is 14.5. The lowest BCUT2D eigenvalue weighted by atomic mass is 10.2. The van der Waals surface area contributed by atoms with Crippen LogP contribution >= 0.6 is 0 Å². The number of benzene rings is 2. The maximum atomic E-state index is 12.4. The maximum absolute atomic E-state index is 12.4. The van der Waals surface area contributed by atoms with Gasteiger partial charge >= 0.3 is 5.69 Å². The van der Waals surface area contributed by atoms with E-state index >= 15 is 0 Å². The van der Waals surface area contributed by atoms with Gasteiger partial charge in [0.2, 0.25) is 10.0 Å². The molecule has 0 bridgehead atoms. The highest BCUT2D eigenvalue weighted by Gasteiger charge is 2.20. The van der Waals surface area contributed by atoms with Crippen molar-refractivity contribution < 1.29 is 8.42 Å². The van der Waals surface area contributed by atoms with Crippen LogP contribution in [0.15, 0.2) is 59.4 Å². The molecule has 0 unspecified atom stereocenters. The summed E-state index contributed by atoms with van der Waals surface area (Å²) in [6, 6.07) is 15.5. The monoisotopic (exact) mass is 288 g/mol. The summed E-state index contributed by atoms with van der Waals surface area (Å²) in [6.07, 6.45) is 0. The van der Waals surface area contributed by atoms with Crippen LogP contribution in [0.2, 0.25) is 0 Å². The van der Waals surface area contributed by atoms with Gasteiger partial charge in [0.25, 0.3) is 0 Å². The highest BCUT2D eigenvalue weighted by Crippen LogP contribution is 2.14. The Hall–Kier alpha value is -2.34. The number of aromatic nitrogens is 2. The fourth-order valence-electron chi connectivity index (χ4n) is 2.16. The van der Waals surface area contributed by atoms with E-state index in [-0.39, 0.29) is 5.75 Å². The number of hydrogen-bond donors (Lipinski definition) is 1. The molecule has 2 aromatic carbocycles. The van der Waals surface area contributed by atoms with E-state index in [4.69, 9.17) is 0 Å². The van der Waals surface area contributed by atoms with Crippen LogP contribution in [0.5, 0.6) is 0 Å². The van der Waals surface area contributed by atoms with E-state index in [1.54, 1.807) is 48.5 Å². The van der Waals surface area contributed by atoms with E-state index in [2.05, 4.69) is 4.98 Å². The lowest BCUT2D eigenvalue weighted by Gasteiger charge is -2.05. The Kier molecular flexibility index (Phi) is 2.94. The third kappa shape index (κ3) is 2.14. The van der Waals surface area contributed by atoms with Gasteiger partial charge in [-0.15, -0.1) is 0 Å². The standard InChI is InChI=1S/C14H12N2O3S/c17-14-15-12-8-4-5-9-13(12)16(14)20(18,19)10-11-6-2-1-3-7-11/h1-9H,10H2,(H,15,17). The second kappa shape index (κ2) is 4.64. The smallest absolute Gasteiger partial charge is 0.305 e. The summed E-state index contributed by atoms with van der Waals surface area (Å²) >= 11 is 0. The van der Waals surface area contributed by atoms with E-state index in [0.717, 1.165) is 3.97 Å². The molecule has 0 aliphatic carbocycles. The van der Waals surface area contributed by atoms with Crippen LogP contribution < -0.4 is 5.69 Å². The van der Waals surface area contributed by atoms with Gasteiger partial charge in [-0.2, -0.15) is 3.97 Å². The normalized spacial score (nSPS) is 11.8. The van der Waals surface area contributed by atoms with Crippen molar-refractivity contribution >= 4 is 21.1 Å². The van der Waals surface area contributed by atoms with Gasteiger partial charge in [0.15, 0.2) is 0 Å². The van der Waals surface area contributed by atoms with Crippen molar-refractivity contribution in [1.29, 1.82) is 0 Å². The van der Waals surface area contributed by atoms with Crippen LogP contribution in [0.25, 0.3) is 11.0 Å². The van der Waals surface area contributed by atoms with Crippen LogP contribution in [-0.2, 0) is 15.8 Å². The molecule has 0 radical (unpaired) electrons. The molecule has 0 atom stereocenters. The Bertz CT molecular complexity index is 908. The van der Waals surface area contributed by atoms with Crippen LogP contribution in [-0.4, -0.2) is 17.4 Å². The molecule has 1 aromatic heterocycles. The Labute approximate surface area is 115 Å². The molecule has 0 saturated carbocycles. The van der Waals surface area contributed by atoms with E-state index in [9.17, 15) is 13.2 Å². The summed E-state index contributed by atoms with van der Waals surface area (Å²) < 4.78 is 25.7. The number of fused-ring (bicyclic) bond motifs is 1. The van der Waals surface area contributed by atoms with Crippen LogP contribution in [0.1, 0.15) is 5.56 Å². The highest BCUT2D eigenvalue weighted by molar-refractivity contribution is 7.89. The predicted molar refractivity (Wildman–Crippen MR) is 77.0 cm³/mol. The predicted octanol–water partition coefficient (Wildman–Crippen LogP) is 1.71. The lowest BCUT2D eigenvalue weighted by molar-refractivity contribution is 0.586. The summed E-state index contributed by atoms with van der Waals surface area (Å²) in [7, 11) is -3.75. The van der Waals surface area contributed by atoms with Crippen molar-refractivity contribution in [3.8, 4) is 0 Å². The molecule has 1 heterocycles. The van der Waals surface area contributed by atoms with Crippen molar-refractivity contribution in [2.24, 2.45) is 0 Å². The zero-order chi connectivity index (χ0) is 14.2. The van der Waals surface area contributed by atoms with Gasteiger partial charge < -0.3 is 4.98 Å². The average Bonchev–Trinajstić information content (AvgIpc) is 2.75. The average molecular weight is 288 g/mol. The summed E-state index contributed by atoms with van der Waals surface area (Å²) in [5, 5.41) is 0. The Morgan fingerprint density at radius 2 is 1.60 bits per heavy atom. The van der Waals surface area contributed by atoms with Gasteiger partial charge in [-0.1, -0.05) is 42.5 Å². The molecular formula is C14H12N2O3S. The van der Waals surface area contributed by atoms with E-state index in [1.807, 2.05) is 6.07 Å². The first-order valence-electron chi connectivity index (χ1n) is 6.05. The molecule has 102 valence electrons. The fourth-order valence-corrected chi connectivity index (χ4v) is 3.66. The van der Waals surface area contributed by atoms with E-state index < -0.39 is 15.7 Å². The molecule has 0 saturated heterocycles. The molecule has 0 amide bonds. The van der Waals surface area contributed by atoms with Crippen LogP contribution in [0.4, 0.5) is 0 Å². The lowest BCUT2D eigenvalue weighted by Crippen LogP contribution is -2.26. The number of rotatable bonds is 3. The minimum absolute atomic E-state index is 0.213. The zero-order valence-corrected chi connectivity index (χ0v) is 11.3. The first-order valence-corrected chi connectivity index (χ1v) is 7.66. The minimum Gasteiger partial charge on any atom is -0.305 e.